The molecule has 0 radical (unpaired) electrons. The second-order valence-electron chi connectivity index (χ2n) is 7.63. The SMILES string of the molecule is O=C1O[C@H]([C@@H](O)COC(=O)c2cc(=O)c3ccccc3[nH]2)C(O)=C1O.O=[14C]1O[C@H]([C@@H](O)CO)C(O)=C1O. The van der Waals surface area contributed by atoms with Crippen LogP contribution < -0.4 is 5.43 Å². The maximum absolute atomic E-state index is 12.0. The number of ether oxygens (including phenoxy) is 3. The third-order valence-corrected chi connectivity index (χ3v) is 5.11. The van der Waals surface area contributed by atoms with E-state index in [1.165, 1.54) is 0 Å². The summed E-state index contributed by atoms with van der Waals surface area (Å²) < 4.78 is 13.7. The van der Waals surface area contributed by atoms with Gasteiger partial charge in [0.2, 0.25) is 11.5 Å². The molecule has 4 atom stereocenters. The Kier molecular flexibility index (Phi) is 8.01. The highest BCUT2D eigenvalue weighted by Gasteiger charge is 2.40. The Balaban J connectivity index is 0.000000266. The van der Waals surface area contributed by atoms with E-state index in [0.29, 0.717) is 10.9 Å². The maximum atomic E-state index is 12.0. The predicted molar refractivity (Wildman–Crippen MR) is 118 cm³/mol. The van der Waals surface area contributed by atoms with Crippen molar-refractivity contribution in [2.45, 2.75) is 24.4 Å². The molecule has 8 N–H and O–H groups in total. The number of rotatable bonds is 6. The van der Waals surface area contributed by atoms with Gasteiger partial charge in [0.1, 0.15) is 24.5 Å². The number of cyclic esters (lactones) is 2. The lowest BCUT2D eigenvalue weighted by atomic mass is 10.2. The molecule has 2 aliphatic rings. The minimum atomic E-state index is -1.59. The van der Waals surface area contributed by atoms with Crippen LogP contribution in [-0.2, 0) is 23.8 Å². The number of benzene rings is 1. The lowest BCUT2D eigenvalue weighted by molar-refractivity contribution is -0.148. The van der Waals surface area contributed by atoms with Gasteiger partial charge in [0.25, 0.3) is 0 Å². The molecule has 1 aromatic heterocycles. The van der Waals surface area contributed by atoms with Crippen LogP contribution in [-0.4, -0.2) is 96.3 Å². The number of hydrogen-bond acceptors (Lipinski definition) is 14. The van der Waals surface area contributed by atoms with Crippen LogP contribution in [0.15, 0.2) is 58.2 Å². The van der Waals surface area contributed by atoms with E-state index in [1.54, 1.807) is 24.3 Å². The van der Waals surface area contributed by atoms with Crippen LogP contribution in [0.1, 0.15) is 10.5 Å². The van der Waals surface area contributed by atoms with Crippen molar-refractivity contribution in [1.82, 2.24) is 4.98 Å². The molecule has 198 valence electrons. The molecule has 0 aliphatic carbocycles. The van der Waals surface area contributed by atoms with Gasteiger partial charge in [-0.1, -0.05) is 12.1 Å². The van der Waals surface area contributed by atoms with E-state index in [4.69, 9.17) is 30.3 Å². The molecule has 0 saturated carbocycles. The van der Waals surface area contributed by atoms with E-state index < -0.39 is 78.6 Å². The Bertz CT molecular complexity index is 1340. The van der Waals surface area contributed by atoms with Gasteiger partial charge in [-0.05, 0) is 12.1 Å². The Labute approximate surface area is 205 Å². The summed E-state index contributed by atoms with van der Waals surface area (Å²) in [6, 6.07) is 7.66. The van der Waals surface area contributed by atoms with Crippen molar-refractivity contribution < 1.29 is 64.3 Å². The first-order chi connectivity index (χ1) is 17.5. The van der Waals surface area contributed by atoms with E-state index in [1.807, 2.05) is 0 Å². The molecular weight excluding hydrogens is 504 g/mol. The summed E-state index contributed by atoms with van der Waals surface area (Å²) in [5.41, 5.74) is -0.0586. The van der Waals surface area contributed by atoms with Crippen molar-refractivity contribution in [2.75, 3.05) is 13.2 Å². The van der Waals surface area contributed by atoms with E-state index in [0.717, 1.165) is 6.07 Å². The minimum Gasteiger partial charge on any atom is -0.505 e. The second kappa shape index (κ2) is 11.0. The van der Waals surface area contributed by atoms with Gasteiger partial charge in [0.05, 0.1) is 6.61 Å². The van der Waals surface area contributed by atoms with Crippen molar-refractivity contribution in [1.29, 1.82) is 0 Å². The lowest BCUT2D eigenvalue weighted by Crippen LogP contribution is -2.33. The molecule has 4 rings (SSSR count). The summed E-state index contributed by atoms with van der Waals surface area (Å²) >= 11 is 0. The normalized spacial score (nSPS) is 20.7. The highest BCUT2D eigenvalue weighted by atomic mass is 16.8. The summed E-state index contributed by atoms with van der Waals surface area (Å²) in [6.07, 6.45) is -5.90. The molecule has 0 spiro atoms. The third kappa shape index (κ3) is 5.64. The highest BCUT2D eigenvalue weighted by molar-refractivity contribution is 5.91. The Hall–Kier alpha value is -4.60. The van der Waals surface area contributed by atoms with Gasteiger partial charge in [-0.3, -0.25) is 4.79 Å². The molecule has 0 bridgehead atoms. The van der Waals surface area contributed by atoms with Crippen molar-refractivity contribution in [3.05, 3.63) is 69.3 Å². The van der Waals surface area contributed by atoms with Gasteiger partial charge in [-0.2, -0.15) is 0 Å². The number of fused-ring (bicyclic) bond motifs is 1. The molecule has 3 heterocycles. The quantitative estimate of drug-likeness (QED) is 0.164. The number of H-pyrrole nitrogens is 1. The predicted octanol–water partition coefficient (Wildman–Crippen LogP) is -1.11. The third-order valence-electron chi connectivity index (χ3n) is 5.11. The zero-order chi connectivity index (χ0) is 27.4. The number of esters is 3. The average molecular weight is 525 g/mol. The van der Waals surface area contributed by atoms with Crippen LogP contribution in [0.2, 0.25) is 0 Å². The van der Waals surface area contributed by atoms with Crippen LogP contribution >= 0.6 is 0 Å². The number of aliphatic hydroxyl groups excluding tert-OH is 7. The smallest absolute Gasteiger partial charge is 0.377 e. The fourth-order valence-corrected chi connectivity index (χ4v) is 3.18. The van der Waals surface area contributed by atoms with Crippen molar-refractivity contribution in [3.63, 3.8) is 0 Å². The largest absolute Gasteiger partial charge is 0.505 e. The van der Waals surface area contributed by atoms with Crippen LogP contribution in [0.5, 0.6) is 0 Å². The fraction of sp³-hybridized carbons (Fsp3) is 0.273. The molecule has 15 nitrogen and oxygen atoms in total. The molecule has 0 unspecified atom stereocenters. The minimum absolute atomic E-state index is 0.123. The molecule has 37 heavy (non-hydrogen) atoms. The molecule has 2 aliphatic heterocycles. The number of pyridine rings is 1. The van der Waals surface area contributed by atoms with Gasteiger partial charge in [0.15, 0.2) is 29.2 Å². The van der Waals surface area contributed by atoms with E-state index in [-0.39, 0.29) is 11.1 Å². The molecular formula is C22H21NO14. The summed E-state index contributed by atoms with van der Waals surface area (Å²) in [5, 5.41) is 63.9. The Morgan fingerprint density at radius 3 is 2.30 bits per heavy atom. The second-order valence-corrected chi connectivity index (χ2v) is 7.63. The van der Waals surface area contributed by atoms with Gasteiger partial charge in [-0.15, -0.1) is 0 Å². The highest BCUT2D eigenvalue weighted by Crippen LogP contribution is 2.22. The van der Waals surface area contributed by atoms with Crippen molar-refractivity contribution in [2.24, 2.45) is 0 Å². The zero-order valence-corrected chi connectivity index (χ0v) is 18.6. The number of aliphatic hydroxyl groups is 7. The maximum Gasteiger partial charge on any atom is 0.377 e. The fourth-order valence-electron chi connectivity index (χ4n) is 3.18. The van der Waals surface area contributed by atoms with Gasteiger partial charge < -0.3 is 54.9 Å². The van der Waals surface area contributed by atoms with Crippen molar-refractivity contribution in [3.8, 4) is 0 Å². The van der Waals surface area contributed by atoms with Gasteiger partial charge in [-0.25, -0.2) is 14.4 Å². The van der Waals surface area contributed by atoms with Crippen LogP contribution in [0.25, 0.3) is 10.9 Å². The summed E-state index contributed by atoms with van der Waals surface area (Å²) in [5.74, 6) is -6.73. The number of carbonyl (C=O) groups is 3. The van der Waals surface area contributed by atoms with Gasteiger partial charge >= 0.3 is 17.9 Å². The number of aromatic amines is 1. The molecule has 0 amide bonds. The molecule has 0 saturated heterocycles. The number of para-hydroxylation sites is 1. The summed E-state index contributed by atoms with van der Waals surface area (Å²) in [7, 11) is 0. The van der Waals surface area contributed by atoms with E-state index >= 15 is 0 Å². The number of carbonyl (C=O) groups excluding carboxylic acids is 3. The standard InChI is InChI=1S/C16H13NO8.C6H8O6/c18-10-5-9(17-8-4-2-1-3-7(8)10)15(22)24-6-11(19)14-12(20)13(21)16(23)25-14;7-1-2(8)5-3(9)4(10)6(11)12-5/h1-5,11,14,19-21H,6H2,(H,17,18);2,5,7-10H,1H2/t11-,14+;2-,5+/m00/s1/i;6+2. The zero-order valence-electron chi connectivity index (χ0n) is 18.6. The molecule has 1 aromatic carbocycles. The van der Waals surface area contributed by atoms with Crippen LogP contribution in [0.4, 0.5) is 0 Å². The number of nitrogens with one attached hydrogen (secondary N) is 1. The molecule has 15 heteroatoms. The van der Waals surface area contributed by atoms with Crippen LogP contribution in [0.3, 0.4) is 0 Å². The summed E-state index contributed by atoms with van der Waals surface area (Å²) in [6.45, 7) is -1.31. The van der Waals surface area contributed by atoms with Crippen LogP contribution in [0, 0.1) is 0 Å². The average Bonchev–Trinajstić information content (AvgIpc) is 3.31. The van der Waals surface area contributed by atoms with E-state index in [2.05, 4.69) is 14.5 Å². The molecule has 0 fully saturated rings. The lowest BCUT2D eigenvalue weighted by Gasteiger charge is -2.17. The first-order valence-corrected chi connectivity index (χ1v) is 10.4. The van der Waals surface area contributed by atoms with E-state index in [9.17, 15) is 29.4 Å². The summed E-state index contributed by atoms with van der Waals surface area (Å²) in [4.78, 5) is 48.3. The van der Waals surface area contributed by atoms with Gasteiger partial charge in [0, 0.05) is 17.0 Å². The van der Waals surface area contributed by atoms with Crippen molar-refractivity contribution >= 4 is 28.8 Å². The Morgan fingerprint density at radius 1 is 1.05 bits per heavy atom. The first-order valence-electron chi connectivity index (χ1n) is 10.4. The first kappa shape index (κ1) is 27.0. The Morgan fingerprint density at radius 2 is 1.73 bits per heavy atom. The number of aromatic nitrogens is 1. The molecule has 2 aromatic rings. The number of hydrogen-bond donors (Lipinski definition) is 8. The topological polar surface area (TPSA) is 253 Å². The monoisotopic (exact) mass is 525 g/mol.